The van der Waals surface area contributed by atoms with Crippen LogP contribution in [0, 0.1) is 0 Å². The molecule has 1 saturated carbocycles. The fourth-order valence-electron chi connectivity index (χ4n) is 2.49. The summed E-state index contributed by atoms with van der Waals surface area (Å²) in [7, 11) is 1.98. The lowest BCUT2D eigenvalue weighted by atomic mass is 9.93. The van der Waals surface area contributed by atoms with Crippen molar-refractivity contribution in [3.05, 3.63) is 53.9 Å². The zero-order valence-corrected chi connectivity index (χ0v) is 11.4. The van der Waals surface area contributed by atoms with Crippen molar-refractivity contribution < 1.29 is 0 Å². The summed E-state index contributed by atoms with van der Waals surface area (Å²) in [5.74, 6) is 0.533. The first-order valence-electron chi connectivity index (χ1n) is 7.07. The monoisotopic (exact) mass is 255 g/mol. The Kier molecular flexibility index (Phi) is 3.65. The van der Waals surface area contributed by atoms with Gasteiger partial charge >= 0.3 is 0 Å². The largest absolute Gasteiger partial charge is 0.313 e. The summed E-state index contributed by atoms with van der Waals surface area (Å²) in [5.41, 5.74) is 2.73. The number of rotatable bonds is 6. The molecule has 0 saturated heterocycles. The van der Waals surface area contributed by atoms with E-state index >= 15 is 0 Å². The Balaban J connectivity index is 1.71. The van der Waals surface area contributed by atoms with Crippen LogP contribution in [0.3, 0.4) is 0 Å². The molecule has 1 fully saturated rings. The van der Waals surface area contributed by atoms with Gasteiger partial charge in [-0.25, -0.2) is 0 Å². The van der Waals surface area contributed by atoms with Crippen molar-refractivity contribution in [1.29, 1.82) is 0 Å². The fraction of sp³-hybridized carbons (Fsp3) is 0.438. The zero-order chi connectivity index (χ0) is 13.1. The molecular formula is C16H21N3. The molecule has 1 aliphatic carbocycles. The van der Waals surface area contributed by atoms with E-state index in [1.54, 1.807) is 0 Å². The quantitative estimate of drug-likeness (QED) is 0.859. The van der Waals surface area contributed by atoms with Crippen LogP contribution in [0.4, 0.5) is 0 Å². The summed E-state index contributed by atoms with van der Waals surface area (Å²) in [6, 6.07) is 11.6. The molecule has 1 aromatic heterocycles. The number of hydrogen-bond acceptors (Lipinski definition) is 2. The highest BCUT2D eigenvalue weighted by Crippen LogP contribution is 2.23. The van der Waals surface area contributed by atoms with Crippen molar-refractivity contribution in [3.8, 4) is 0 Å². The molecule has 0 radical (unpaired) electrons. The lowest BCUT2D eigenvalue weighted by Gasteiger charge is -2.17. The molecule has 1 N–H and O–H groups in total. The molecule has 1 atom stereocenters. The molecule has 1 heterocycles. The number of benzene rings is 1. The predicted octanol–water partition coefficient (Wildman–Crippen LogP) is 2.50. The van der Waals surface area contributed by atoms with Crippen LogP contribution in [0.5, 0.6) is 0 Å². The number of nitrogens with one attached hydrogen (secondary N) is 1. The van der Waals surface area contributed by atoms with Crippen molar-refractivity contribution in [1.82, 2.24) is 15.1 Å². The van der Waals surface area contributed by atoms with E-state index in [4.69, 9.17) is 0 Å². The van der Waals surface area contributed by atoms with E-state index in [1.807, 2.05) is 17.9 Å². The van der Waals surface area contributed by atoms with Crippen LogP contribution in [0.1, 0.15) is 29.9 Å². The molecule has 1 aromatic carbocycles. The highest BCUT2D eigenvalue weighted by molar-refractivity contribution is 5.23. The number of aromatic nitrogens is 2. The van der Waals surface area contributed by atoms with Gasteiger partial charge in [0.2, 0.25) is 0 Å². The van der Waals surface area contributed by atoms with E-state index in [-0.39, 0.29) is 0 Å². The third-order valence-electron chi connectivity index (χ3n) is 3.74. The second kappa shape index (κ2) is 5.57. The van der Waals surface area contributed by atoms with Crippen LogP contribution < -0.4 is 5.32 Å². The second-order valence-corrected chi connectivity index (χ2v) is 5.52. The molecular weight excluding hydrogens is 234 g/mol. The van der Waals surface area contributed by atoms with Crippen molar-refractivity contribution >= 4 is 0 Å². The van der Waals surface area contributed by atoms with Crippen LogP contribution in [0.15, 0.2) is 42.7 Å². The van der Waals surface area contributed by atoms with E-state index in [1.165, 1.54) is 24.0 Å². The third-order valence-corrected chi connectivity index (χ3v) is 3.74. The highest BCUT2D eigenvalue weighted by atomic mass is 15.2. The maximum Gasteiger partial charge on any atom is 0.0521 e. The zero-order valence-electron chi connectivity index (χ0n) is 11.4. The highest BCUT2D eigenvalue weighted by Gasteiger charge is 2.22. The minimum Gasteiger partial charge on any atom is -0.313 e. The Morgan fingerprint density at radius 1 is 1.32 bits per heavy atom. The van der Waals surface area contributed by atoms with Gasteiger partial charge in [-0.2, -0.15) is 5.10 Å². The fourth-order valence-corrected chi connectivity index (χ4v) is 2.49. The molecule has 19 heavy (non-hydrogen) atoms. The molecule has 0 aliphatic heterocycles. The van der Waals surface area contributed by atoms with E-state index in [0.717, 1.165) is 19.0 Å². The molecule has 3 heteroatoms. The van der Waals surface area contributed by atoms with Crippen LogP contribution in [0.25, 0.3) is 0 Å². The van der Waals surface area contributed by atoms with Gasteiger partial charge in [0, 0.05) is 31.7 Å². The summed E-state index contributed by atoms with van der Waals surface area (Å²) < 4.78 is 1.88. The van der Waals surface area contributed by atoms with Gasteiger partial charge in [-0.3, -0.25) is 4.68 Å². The molecule has 0 amide bonds. The summed E-state index contributed by atoms with van der Waals surface area (Å²) in [6.07, 6.45) is 7.83. The average Bonchev–Trinajstić information content (AvgIpc) is 3.18. The van der Waals surface area contributed by atoms with Gasteiger partial charge < -0.3 is 5.32 Å². The Bertz CT molecular complexity index is 514. The van der Waals surface area contributed by atoms with E-state index in [2.05, 4.69) is 46.9 Å². The molecule has 100 valence electrons. The van der Waals surface area contributed by atoms with E-state index < -0.39 is 0 Å². The normalized spacial score (nSPS) is 16.5. The molecule has 1 aliphatic rings. The van der Waals surface area contributed by atoms with Crippen molar-refractivity contribution in [3.63, 3.8) is 0 Å². The van der Waals surface area contributed by atoms with E-state index in [9.17, 15) is 0 Å². The number of hydrogen-bond donors (Lipinski definition) is 1. The smallest absolute Gasteiger partial charge is 0.0521 e. The first kappa shape index (κ1) is 12.4. The molecule has 0 bridgehead atoms. The predicted molar refractivity (Wildman–Crippen MR) is 77.1 cm³/mol. The SMILES string of the molecule is Cn1cc(CC(CNC2CC2)c2ccccc2)cn1. The standard InChI is InChI=1S/C16H21N3/c1-19-12-13(10-18-19)9-15(11-17-16-7-8-16)14-5-3-2-4-6-14/h2-6,10,12,15-17H,7-9,11H2,1H3. The molecule has 1 unspecified atom stereocenters. The van der Waals surface area contributed by atoms with Gasteiger partial charge in [-0.15, -0.1) is 0 Å². The minimum atomic E-state index is 0.533. The van der Waals surface area contributed by atoms with Gasteiger partial charge in [-0.1, -0.05) is 30.3 Å². The number of nitrogens with zero attached hydrogens (tertiary/aromatic N) is 2. The van der Waals surface area contributed by atoms with Crippen LogP contribution >= 0.6 is 0 Å². The van der Waals surface area contributed by atoms with Crippen molar-refractivity contribution in [2.45, 2.75) is 31.2 Å². The average molecular weight is 255 g/mol. The van der Waals surface area contributed by atoms with E-state index in [0.29, 0.717) is 5.92 Å². The van der Waals surface area contributed by atoms with Crippen LogP contribution in [-0.4, -0.2) is 22.4 Å². The lowest BCUT2D eigenvalue weighted by Crippen LogP contribution is -2.24. The molecule has 3 nitrogen and oxygen atoms in total. The first-order chi connectivity index (χ1) is 9.31. The minimum absolute atomic E-state index is 0.533. The Hall–Kier alpha value is -1.61. The lowest BCUT2D eigenvalue weighted by molar-refractivity contribution is 0.577. The second-order valence-electron chi connectivity index (χ2n) is 5.52. The maximum absolute atomic E-state index is 4.27. The third kappa shape index (κ3) is 3.44. The maximum atomic E-state index is 4.27. The summed E-state index contributed by atoms with van der Waals surface area (Å²) in [6.45, 7) is 1.06. The summed E-state index contributed by atoms with van der Waals surface area (Å²) >= 11 is 0. The van der Waals surface area contributed by atoms with Gasteiger partial charge in [0.1, 0.15) is 0 Å². The topological polar surface area (TPSA) is 29.9 Å². The van der Waals surface area contributed by atoms with Crippen molar-refractivity contribution in [2.75, 3.05) is 6.54 Å². The van der Waals surface area contributed by atoms with Crippen LogP contribution in [0.2, 0.25) is 0 Å². The van der Waals surface area contributed by atoms with Gasteiger partial charge in [0.05, 0.1) is 6.20 Å². The van der Waals surface area contributed by atoms with Gasteiger partial charge in [-0.05, 0) is 30.4 Å². The summed E-state index contributed by atoms with van der Waals surface area (Å²) in [4.78, 5) is 0. The van der Waals surface area contributed by atoms with Crippen LogP contribution in [-0.2, 0) is 13.5 Å². The van der Waals surface area contributed by atoms with Crippen molar-refractivity contribution in [2.24, 2.45) is 7.05 Å². The Morgan fingerprint density at radius 3 is 2.74 bits per heavy atom. The van der Waals surface area contributed by atoms with Gasteiger partial charge in [0.25, 0.3) is 0 Å². The Morgan fingerprint density at radius 2 is 2.11 bits per heavy atom. The first-order valence-corrected chi connectivity index (χ1v) is 7.07. The molecule has 3 rings (SSSR count). The van der Waals surface area contributed by atoms with Gasteiger partial charge in [0.15, 0.2) is 0 Å². The number of aryl methyl sites for hydroxylation is 1. The molecule has 2 aromatic rings. The molecule has 0 spiro atoms. The summed E-state index contributed by atoms with van der Waals surface area (Å²) in [5, 5.41) is 7.92. The Labute approximate surface area is 114 Å².